The van der Waals surface area contributed by atoms with Crippen molar-refractivity contribution in [2.75, 3.05) is 45.9 Å². The molecule has 0 saturated carbocycles. The quantitative estimate of drug-likeness (QED) is 0.719. The normalized spacial score (nSPS) is 34.2. The van der Waals surface area contributed by atoms with Crippen LogP contribution in [0.3, 0.4) is 0 Å². The third kappa shape index (κ3) is 2.65. The topological polar surface area (TPSA) is 19.0 Å². The number of hydrogen-bond acceptors (Lipinski definition) is 4. The van der Waals surface area contributed by atoms with Crippen LogP contribution in [0.15, 0.2) is 0 Å². The van der Waals surface area contributed by atoms with Crippen LogP contribution in [-0.2, 0) is 4.74 Å². The van der Waals surface area contributed by atoms with Crippen LogP contribution in [0.5, 0.6) is 0 Å². The number of morpholine rings is 1. The van der Waals surface area contributed by atoms with Crippen molar-refractivity contribution < 1.29 is 4.74 Å². The molecular formula is C13H25N3O. The summed E-state index contributed by atoms with van der Waals surface area (Å²) in [6.45, 7) is 7.92. The molecule has 17 heavy (non-hydrogen) atoms. The zero-order chi connectivity index (χ0) is 11.5. The molecule has 3 rings (SSSR count). The van der Waals surface area contributed by atoms with Crippen molar-refractivity contribution in [3.05, 3.63) is 0 Å². The summed E-state index contributed by atoms with van der Waals surface area (Å²) in [6.07, 6.45) is 7.39. The zero-order valence-corrected chi connectivity index (χ0v) is 10.8. The third-order valence-corrected chi connectivity index (χ3v) is 4.33. The van der Waals surface area contributed by atoms with Gasteiger partial charge in [0.2, 0.25) is 0 Å². The lowest BCUT2D eigenvalue weighted by Gasteiger charge is -2.47. The Morgan fingerprint density at radius 1 is 0.765 bits per heavy atom. The number of ether oxygens (including phenoxy) is 1. The summed E-state index contributed by atoms with van der Waals surface area (Å²) < 4.78 is 5.72. The maximum atomic E-state index is 5.72. The zero-order valence-electron chi connectivity index (χ0n) is 10.8. The van der Waals surface area contributed by atoms with E-state index in [-0.39, 0.29) is 0 Å². The van der Waals surface area contributed by atoms with Gasteiger partial charge < -0.3 is 4.74 Å². The molecule has 3 aliphatic rings. The minimum atomic E-state index is 0.516. The molecule has 3 saturated heterocycles. The average Bonchev–Trinajstić information content (AvgIpc) is 2.94. The fraction of sp³-hybridized carbons (Fsp3) is 1.00. The summed E-state index contributed by atoms with van der Waals surface area (Å²) in [5, 5.41) is 5.17. The van der Waals surface area contributed by atoms with Gasteiger partial charge in [-0.2, -0.15) is 0 Å². The summed E-state index contributed by atoms with van der Waals surface area (Å²) in [4.78, 5) is 2.64. The Morgan fingerprint density at radius 2 is 1.47 bits per heavy atom. The van der Waals surface area contributed by atoms with Gasteiger partial charge in [-0.3, -0.25) is 4.90 Å². The molecule has 0 aromatic rings. The highest BCUT2D eigenvalue weighted by atomic mass is 16.5. The minimum Gasteiger partial charge on any atom is -0.377 e. The van der Waals surface area contributed by atoms with Crippen molar-refractivity contribution in [1.82, 2.24) is 14.9 Å². The Morgan fingerprint density at radius 3 is 2.24 bits per heavy atom. The maximum Gasteiger partial charge on any atom is 0.0998 e. The van der Waals surface area contributed by atoms with E-state index in [0.717, 1.165) is 19.8 Å². The SMILES string of the molecule is C1CCN(C2COCCN2N2CCCC2)CC1. The fourth-order valence-electron chi connectivity index (χ4n) is 3.38. The number of hydrazine groups is 1. The van der Waals surface area contributed by atoms with Crippen molar-refractivity contribution in [3.8, 4) is 0 Å². The molecule has 3 heterocycles. The molecule has 3 aliphatic heterocycles. The van der Waals surface area contributed by atoms with E-state index in [4.69, 9.17) is 4.74 Å². The van der Waals surface area contributed by atoms with E-state index in [1.807, 2.05) is 0 Å². The predicted octanol–water partition coefficient (Wildman–Crippen LogP) is 1.14. The second kappa shape index (κ2) is 5.65. The van der Waals surface area contributed by atoms with Crippen molar-refractivity contribution in [1.29, 1.82) is 0 Å². The van der Waals surface area contributed by atoms with Crippen LogP contribution in [-0.4, -0.2) is 67.0 Å². The molecule has 4 heteroatoms. The van der Waals surface area contributed by atoms with Crippen molar-refractivity contribution in [2.45, 2.75) is 38.3 Å². The first-order valence-corrected chi connectivity index (χ1v) is 7.28. The lowest BCUT2D eigenvalue weighted by molar-refractivity contribution is -0.169. The number of likely N-dealkylation sites (tertiary alicyclic amines) is 1. The largest absolute Gasteiger partial charge is 0.377 e. The van der Waals surface area contributed by atoms with E-state index >= 15 is 0 Å². The molecule has 0 N–H and O–H groups in total. The van der Waals surface area contributed by atoms with Gasteiger partial charge in [-0.25, -0.2) is 10.0 Å². The highest BCUT2D eigenvalue weighted by molar-refractivity contribution is 4.79. The molecule has 0 aromatic carbocycles. The molecule has 0 bridgehead atoms. The lowest BCUT2D eigenvalue weighted by atomic mass is 10.1. The Bertz CT molecular complexity index is 237. The Balaban J connectivity index is 1.65. The smallest absolute Gasteiger partial charge is 0.0998 e. The van der Waals surface area contributed by atoms with Gasteiger partial charge in [0.05, 0.1) is 19.4 Å². The molecule has 3 fully saturated rings. The average molecular weight is 239 g/mol. The van der Waals surface area contributed by atoms with Crippen LogP contribution in [0.1, 0.15) is 32.1 Å². The number of rotatable bonds is 2. The molecule has 0 amide bonds. The minimum absolute atomic E-state index is 0.516. The van der Waals surface area contributed by atoms with Crippen molar-refractivity contribution in [3.63, 3.8) is 0 Å². The summed E-state index contributed by atoms with van der Waals surface area (Å²) in [7, 11) is 0. The van der Waals surface area contributed by atoms with Crippen LogP contribution in [0, 0.1) is 0 Å². The Kier molecular flexibility index (Phi) is 3.96. The van der Waals surface area contributed by atoms with Crippen LogP contribution < -0.4 is 0 Å². The predicted molar refractivity (Wildman–Crippen MR) is 67.5 cm³/mol. The number of piperidine rings is 1. The first-order chi connectivity index (χ1) is 8.45. The first kappa shape index (κ1) is 11.9. The van der Waals surface area contributed by atoms with Crippen LogP contribution in [0.4, 0.5) is 0 Å². The van der Waals surface area contributed by atoms with Gasteiger partial charge in [0.1, 0.15) is 0 Å². The number of hydrogen-bond donors (Lipinski definition) is 0. The van der Waals surface area contributed by atoms with E-state index in [9.17, 15) is 0 Å². The first-order valence-electron chi connectivity index (χ1n) is 7.28. The lowest BCUT2D eigenvalue weighted by Crippen LogP contribution is -2.61. The third-order valence-electron chi connectivity index (χ3n) is 4.33. The fourth-order valence-corrected chi connectivity index (χ4v) is 3.38. The van der Waals surface area contributed by atoms with Crippen molar-refractivity contribution >= 4 is 0 Å². The Labute approximate surface area is 104 Å². The van der Waals surface area contributed by atoms with E-state index in [2.05, 4.69) is 14.9 Å². The maximum absolute atomic E-state index is 5.72. The van der Waals surface area contributed by atoms with E-state index in [1.54, 1.807) is 0 Å². The summed E-state index contributed by atoms with van der Waals surface area (Å²) in [5.41, 5.74) is 0. The van der Waals surface area contributed by atoms with E-state index in [0.29, 0.717) is 6.17 Å². The highest BCUT2D eigenvalue weighted by Crippen LogP contribution is 2.21. The van der Waals surface area contributed by atoms with Crippen LogP contribution in [0.25, 0.3) is 0 Å². The molecule has 0 aliphatic carbocycles. The number of nitrogens with zero attached hydrogens (tertiary/aromatic N) is 3. The highest BCUT2D eigenvalue weighted by Gasteiger charge is 2.33. The summed E-state index contributed by atoms with van der Waals surface area (Å²) in [6, 6.07) is 0. The molecular weight excluding hydrogens is 214 g/mol. The van der Waals surface area contributed by atoms with E-state index < -0.39 is 0 Å². The standard InChI is InChI=1S/C13H25N3O/c1-2-6-14(7-3-1)13-12-17-11-10-16(13)15-8-4-5-9-15/h13H,1-12H2. The van der Waals surface area contributed by atoms with Gasteiger partial charge in [0, 0.05) is 19.6 Å². The van der Waals surface area contributed by atoms with Crippen LogP contribution in [0.2, 0.25) is 0 Å². The molecule has 4 nitrogen and oxygen atoms in total. The molecule has 1 unspecified atom stereocenters. The van der Waals surface area contributed by atoms with Gasteiger partial charge in [-0.05, 0) is 38.8 Å². The van der Waals surface area contributed by atoms with Gasteiger partial charge >= 0.3 is 0 Å². The molecule has 98 valence electrons. The molecule has 0 aromatic heterocycles. The van der Waals surface area contributed by atoms with Gasteiger partial charge in [0.15, 0.2) is 0 Å². The second-order valence-corrected chi connectivity index (χ2v) is 5.48. The monoisotopic (exact) mass is 239 g/mol. The molecule has 1 atom stereocenters. The molecule has 0 spiro atoms. The van der Waals surface area contributed by atoms with Crippen LogP contribution >= 0.6 is 0 Å². The second-order valence-electron chi connectivity index (χ2n) is 5.48. The van der Waals surface area contributed by atoms with E-state index in [1.165, 1.54) is 58.3 Å². The van der Waals surface area contributed by atoms with Gasteiger partial charge in [0.25, 0.3) is 0 Å². The summed E-state index contributed by atoms with van der Waals surface area (Å²) in [5.74, 6) is 0. The Hall–Kier alpha value is -0.160. The van der Waals surface area contributed by atoms with Gasteiger partial charge in [-0.1, -0.05) is 6.42 Å². The van der Waals surface area contributed by atoms with Gasteiger partial charge in [-0.15, -0.1) is 0 Å². The molecule has 0 radical (unpaired) electrons. The summed E-state index contributed by atoms with van der Waals surface area (Å²) >= 11 is 0. The van der Waals surface area contributed by atoms with Crippen molar-refractivity contribution in [2.24, 2.45) is 0 Å².